The molecular formula is C8H9ClN2O2S. The molecule has 76 valence electrons. The van der Waals surface area contributed by atoms with Gasteiger partial charge in [0, 0.05) is 17.7 Å². The molecule has 0 N–H and O–H groups in total. The smallest absolute Gasteiger partial charge is 0.258 e. The Labute approximate surface area is 90.8 Å². The predicted octanol–water partition coefficient (Wildman–Crippen LogP) is 2.63. The van der Waals surface area contributed by atoms with Gasteiger partial charge in [0.25, 0.3) is 5.69 Å². The minimum absolute atomic E-state index is 0.0558. The first kappa shape index (κ1) is 11.3. The molecule has 0 aliphatic carbocycles. The topological polar surface area (TPSA) is 56.0 Å². The number of thioether (sulfide) groups is 1. The Hall–Kier alpha value is -0.810. The van der Waals surface area contributed by atoms with Gasteiger partial charge in [-0.15, -0.1) is 23.4 Å². The van der Waals surface area contributed by atoms with E-state index in [4.69, 9.17) is 11.6 Å². The molecule has 14 heavy (non-hydrogen) atoms. The summed E-state index contributed by atoms with van der Waals surface area (Å²) in [5.74, 6) is 1.30. The zero-order chi connectivity index (χ0) is 10.6. The highest BCUT2D eigenvalue weighted by atomic mass is 35.5. The predicted molar refractivity (Wildman–Crippen MR) is 57.1 cm³/mol. The van der Waals surface area contributed by atoms with Gasteiger partial charge >= 0.3 is 0 Å². The fourth-order valence-electron chi connectivity index (χ4n) is 0.947. The first-order valence-electron chi connectivity index (χ1n) is 3.96. The summed E-state index contributed by atoms with van der Waals surface area (Å²) in [7, 11) is 0. The summed E-state index contributed by atoms with van der Waals surface area (Å²) in [4.78, 5) is 14.1. The lowest BCUT2D eigenvalue weighted by Gasteiger charge is -2.00. The van der Waals surface area contributed by atoms with Crippen LogP contribution in [0.5, 0.6) is 0 Å². The third-order valence-corrected chi connectivity index (χ3v) is 2.90. The third kappa shape index (κ3) is 2.85. The van der Waals surface area contributed by atoms with Crippen LogP contribution in [-0.2, 0) is 0 Å². The molecule has 0 aliphatic rings. The van der Waals surface area contributed by atoms with Crippen molar-refractivity contribution in [1.29, 1.82) is 0 Å². The van der Waals surface area contributed by atoms with E-state index in [1.807, 2.05) is 0 Å². The van der Waals surface area contributed by atoms with Gasteiger partial charge < -0.3 is 0 Å². The zero-order valence-electron chi connectivity index (χ0n) is 7.57. The standard InChI is InChI=1S/C8H9ClN2O2S/c1-6-7(11(12)13)2-3-8(10-6)14-5-4-9/h2-3H,4-5H2,1H3. The molecule has 0 saturated heterocycles. The Morgan fingerprint density at radius 1 is 1.64 bits per heavy atom. The van der Waals surface area contributed by atoms with E-state index in [-0.39, 0.29) is 5.69 Å². The van der Waals surface area contributed by atoms with Crippen molar-refractivity contribution in [2.75, 3.05) is 11.6 Å². The molecule has 1 rings (SSSR count). The minimum atomic E-state index is -0.432. The number of hydrogen-bond acceptors (Lipinski definition) is 4. The maximum atomic E-state index is 10.5. The molecule has 0 spiro atoms. The highest BCUT2D eigenvalue weighted by Gasteiger charge is 2.11. The van der Waals surface area contributed by atoms with Gasteiger partial charge in [0.2, 0.25) is 0 Å². The molecule has 1 aromatic rings. The van der Waals surface area contributed by atoms with Gasteiger partial charge in [0.05, 0.1) is 9.95 Å². The fourth-order valence-corrected chi connectivity index (χ4v) is 1.83. The van der Waals surface area contributed by atoms with Crippen LogP contribution in [0.2, 0.25) is 0 Å². The monoisotopic (exact) mass is 232 g/mol. The second-order valence-electron chi connectivity index (χ2n) is 2.55. The maximum absolute atomic E-state index is 10.5. The molecule has 0 saturated carbocycles. The van der Waals surface area contributed by atoms with E-state index < -0.39 is 4.92 Å². The van der Waals surface area contributed by atoms with Gasteiger partial charge in [-0.3, -0.25) is 10.1 Å². The van der Waals surface area contributed by atoms with Crippen molar-refractivity contribution in [3.63, 3.8) is 0 Å². The zero-order valence-corrected chi connectivity index (χ0v) is 9.14. The number of pyridine rings is 1. The minimum Gasteiger partial charge on any atom is -0.258 e. The van der Waals surface area contributed by atoms with Crippen molar-refractivity contribution in [2.24, 2.45) is 0 Å². The normalized spacial score (nSPS) is 10.1. The number of alkyl halides is 1. The molecule has 0 fully saturated rings. The van der Waals surface area contributed by atoms with Crippen LogP contribution in [0, 0.1) is 17.0 Å². The first-order valence-corrected chi connectivity index (χ1v) is 5.48. The summed E-state index contributed by atoms with van der Waals surface area (Å²) in [5.41, 5.74) is 0.495. The van der Waals surface area contributed by atoms with Gasteiger partial charge in [0.1, 0.15) is 5.69 Å². The fraction of sp³-hybridized carbons (Fsp3) is 0.375. The van der Waals surface area contributed by atoms with Gasteiger partial charge in [-0.05, 0) is 13.0 Å². The Bertz CT molecular complexity index is 346. The molecule has 6 heteroatoms. The number of halogens is 1. The number of aryl methyl sites for hydroxylation is 1. The number of nitro groups is 1. The average molecular weight is 233 g/mol. The Morgan fingerprint density at radius 3 is 2.86 bits per heavy atom. The van der Waals surface area contributed by atoms with Crippen LogP contribution in [0.15, 0.2) is 17.2 Å². The van der Waals surface area contributed by atoms with E-state index in [1.54, 1.807) is 13.0 Å². The van der Waals surface area contributed by atoms with Gasteiger partial charge in [0.15, 0.2) is 0 Å². The second kappa shape index (κ2) is 5.17. The van der Waals surface area contributed by atoms with E-state index in [0.29, 0.717) is 11.6 Å². The molecule has 0 amide bonds. The Balaban J connectivity index is 2.83. The summed E-state index contributed by atoms with van der Waals surface area (Å²) < 4.78 is 0. The number of rotatable bonds is 4. The van der Waals surface area contributed by atoms with Crippen molar-refractivity contribution < 1.29 is 4.92 Å². The number of nitrogens with zero attached hydrogens (tertiary/aromatic N) is 2. The summed E-state index contributed by atoms with van der Waals surface area (Å²) in [6, 6.07) is 3.11. The summed E-state index contributed by atoms with van der Waals surface area (Å²) in [6.07, 6.45) is 0. The van der Waals surface area contributed by atoms with Crippen LogP contribution in [0.25, 0.3) is 0 Å². The SMILES string of the molecule is Cc1nc(SCCCl)ccc1[N+](=O)[O-]. The molecule has 0 aromatic carbocycles. The lowest BCUT2D eigenvalue weighted by molar-refractivity contribution is -0.385. The van der Waals surface area contributed by atoms with E-state index in [1.165, 1.54) is 17.8 Å². The van der Waals surface area contributed by atoms with E-state index in [0.717, 1.165) is 10.8 Å². The molecule has 0 atom stereocenters. The van der Waals surface area contributed by atoms with Crippen LogP contribution < -0.4 is 0 Å². The van der Waals surface area contributed by atoms with E-state index in [2.05, 4.69) is 4.98 Å². The summed E-state index contributed by atoms with van der Waals surface area (Å²) >= 11 is 7.01. The second-order valence-corrected chi connectivity index (χ2v) is 4.04. The molecule has 4 nitrogen and oxygen atoms in total. The lowest BCUT2D eigenvalue weighted by atomic mass is 10.3. The Morgan fingerprint density at radius 2 is 2.36 bits per heavy atom. The molecule has 1 aromatic heterocycles. The van der Waals surface area contributed by atoms with Gasteiger partial charge in [-0.1, -0.05) is 0 Å². The van der Waals surface area contributed by atoms with E-state index in [9.17, 15) is 10.1 Å². The van der Waals surface area contributed by atoms with Crippen LogP contribution in [0.1, 0.15) is 5.69 Å². The first-order chi connectivity index (χ1) is 6.65. The number of hydrogen-bond donors (Lipinski definition) is 0. The molecule has 1 heterocycles. The molecule has 0 aliphatic heterocycles. The van der Waals surface area contributed by atoms with Crippen molar-refractivity contribution in [2.45, 2.75) is 11.9 Å². The molecular weight excluding hydrogens is 224 g/mol. The molecule has 0 radical (unpaired) electrons. The average Bonchev–Trinajstić information content (AvgIpc) is 2.14. The number of aromatic nitrogens is 1. The quantitative estimate of drug-likeness (QED) is 0.347. The van der Waals surface area contributed by atoms with Crippen molar-refractivity contribution in [3.8, 4) is 0 Å². The van der Waals surface area contributed by atoms with Crippen molar-refractivity contribution in [3.05, 3.63) is 27.9 Å². The largest absolute Gasteiger partial charge is 0.290 e. The van der Waals surface area contributed by atoms with Crippen LogP contribution >= 0.6 is 23.4 Å². The summed E-state index contributed by atoms with van der Waals surface area (Å²) in [6.45, 7) is 1.63. The summed E-state index contributed by atoms with van der Waals surface area (Å²) in [5, 5.41) is 11.3. The van der Waals surface area contributed by atoms with Crippen molar-refractivity contribution >= 4 is 29.1 Å². The van der Waals surface area contributed by atoms with Crippen LogP contribution in [-0.4, -0.2) is 21.5 Å². The molecule has 0 unspecified atom stereocenters. The highest BCUT2D eigenvalue weighted by molar-refractivity contribution is 7.99. The highest BCUT2D eigenvalue weighted by Crippen LogP contribution is 2.21. The van der Waals surface area contributed by atoms with Gasteiger partial charge in [-0.2, -0.15) is 0 Å². The maximum Gasteiger partial charge on any atom is 0.290 e. The Kier molecular flexibility index (Phi) is 4.16. The van der Waals surface area contributed by atoms with Gasteiger partial charge in [-0.25, -0.2) is 4.98 Å². The van der Waals surface area contributed by atoms with E-state index >= 15 is 0 Å². The van der Waals surface area contributed by atoms with Crippen LogP contribution in [0.4, 0.5) is 5.69 Å². The molecule has 0 bridgehead atoms. The third-order valence-electron chi connectivity index (χ3n) is 1.56. The van der Waals surface area contributed by atoms with Crippen molar-refractivity contribution in [1.82, 2.24) is 4.98 Å². The lowest BCUT2D eigenvalue weighted by Crippen LogP contribution is -1.95. The van der Waals surface area contributed by atoms with Crippen LogP contribution in [0.3, 0.4) is 0 Å².